The van der Waals surface area contributed by atoms with Crippen molar-refractivity contribution in [3.05, 3.63) is 0 Å². The molecule has 0 aliphatic carbocycles. The molecule has 0 aromatic heterocycles. The van der Waals surface area contributed by atoms with E-state index in [1.54, 1.807) is 0 Å². The zero-order valence-corrected chi connectivity index (χ0v) is 26.4. The molecule has 0 aromatic carbocycles. The molecule has 0 fully saturated rings. The molecule has 0 aromatic rings. The number of rotatable bonds is 28. The molecule has 7 heteroatoms. The van der Waals surface area contributed by atoms with E-state index in [0.717, 1.165) is 49.2 Å². The smallest absolute Gasteiger partial charge is 0.306 e. The Labute approximate surface area is 243 Å². The van der Waals surface area contributed by atoms with Gasteiger partial charge in [0.05, 0.1) is 26.1 Å². The summed E-state index contributed by atoms with van der Waals surface area (Å²) in [7, 11) is 0. The van der Waals surface area contributed by atoms with E-state index in [4.69, 9.17) is 9.47 Å². The van der Waals surface area contributed by atoms with Gasteiger partial charge in [-0.3, -0.25) is 14.4 Å². The quantitative estimate of drug-likeness (QED) is 0.0680. The fourth-order valence-corrected chi connectivity index (χ4v) is 5.88. The van der Waals surface area contributed by atoms with E-state index in [1.807, 2.05) is 0 Å². The summed E-state index contributed by atoms with van der Waals surface area (Å²) in [5.41, 5.74) is 0. The predicted octanol–water partition coefficient (Wildman–Crippen LogP) is 10.3. The molecular weight excluding hydrogens is 516 g/mol. The minimum absolute atomic E-state index is 0.0602. The van der Waals surface area contributed by atoms with Crippen LogP contribution in [0.1, 0.15) is 155 Å². The van der Waals surface area contributed by atoms with Gasteiger partial charge in [0.25, 0.3) is 0 Å². The van der Waals surface area contributed by atoms with Crippen LogP contribution in [-0.2, 0) is 19.1 Å². The van der Waals surface area contributed by atoms with Crippen LogP contribution < -0.4 is 0 Å². The Morgan fingerprint density at radius 1 is 0.447 bits per heavy atom. The van der Waals surface area contributed by atoms with Crippen LogP contribution in [0.2, 0.25) is 0 Å². The molecule has 0 unspecified atom stereocenters. The minimum atomic E-state index is -0.234. The van der Waals surface area contributed by atoms with Gasteiger partial charge in [0, 0.05) is 11.5 Å². The molecule has 0 radical (unpaired) electrons. The molecule has 0 aliphatic heterocycles. The first-order valence-corrected chi connectivity index (χ1v) is 17.7. The Kier molecular flexibility index (Phi) is 30.3. The summed E-state index contributed by atoms with van der Waals surface area (Å²) in [6.45, 7) is 5.44. The molecule has 0 saturated heterocycles. The molecule has 0 N–H and O–H groups in total. The number of carbonyl (C=O) groups excluding carboxylic acids is 3. The summed E-state index contributed by atoms with van der Waals surface area (Å²) in [4.78, 5) is 35.6. The summed E-state index contributed by atoms with van der Waals surface area (Å²) < 4.78 is 10.5. The zero-order valence-electron chi connectivity index (χ0n) is 24.7. The topological polar surface area (TPSA) is 69.7 Å². The van der Waals surface area contributed by atoms with Crippen molar-refractivity contribution >= 4 is 39.9 Å². The number of esters is 2. The SMILES string of the molecule is CCCCCCCCCCCCOC(=O)CCSC(=O)SCCC(=O)OCCCCCCCCCCCC. The normalized spacial score (nSPS) is 11.0. The summed E-state index contributed by atoms with van der Waals surface area (Å²) >= 11 is 2.25. The van der Waals surface area contributed by atoms with Crippen LogP contribution in [0.5, 0.6) is 0 Å². The lowest BCUT2D eigenvalue weighted by Crippen LogP contribution is -2.08. The van der Waals surface area contributed by atoms with Crippen LogP contribution in [0, 0.1) is 0 Å². The Hall–Kier alpha value is -0.690. The molecule has 38 heavy (non-hydrogen) atoms. The van der Waals surface area contributed by atoms with Crippen LogP contribution in [0.25, 0.3) is 0 Å². The molecule has 224 valence electrons. The standard InChI is InChI=1S/C31H58O5S2/c1-3-5-7-9-11-13-15-17-19-21-25-35-29(32)23-27-37-31(34)38-28-24-30(33)36-26-22-20-18-16-14-12-10-8-6-4-2/h3-28H2,1-2H3. The fraction of sp³-hybridized carbons (Fsp3) is 0.903. The van der Waals surface area contributed by atoms with Gasteiger partial charge in [-0.1, -0.05) is 153 Å². The first-order chi connectivity index (χ1) is 18.6. The number of thioether (sulfide) groups is 2. The van der Waals surface area contributed by atoms with Crippen molar-refractivity contribution in [1.82, 2.24) is 0 Å². The Balaban J connectivity index is 3.40. The first kappa shape index (κ1) is 37.3. The molecule has 0 bridgehead atoms. The minimum Gasteiger partial charge on any atom is -0.466 e. The van der Waals surface area contributed by atoms with Crippen molar-refractivity contribution in [3.63, 3.8) is 0 Å². The molecule has 5 nitrogen and oxygen atoms in total. The maximum atomic E-state index is 11.9. The lowest BCUT2D eigenvalue weighted by Gasteiger charge is -2.06. The van der Waals surface area contributed by atoms with Gasteiger partial charge in [0.1, 0.15) is 0 Å². The maximum Gasteiger partial charge on any atom is 0.306 e. The maximum absolute atomic E-state index is 11.9. The van der Waals surface area contributed by atoms with E-state index < -0.39 is 0 Å². The molecule has 0 rings (SSSR count). The number of unbranched alkanes of at least 4 members (excludes halogenated alkanes) is 18. The van der Waals surface area contributed by atoms with Crippen molar-refractivity contribution in [2.75, 3.05) is 24.7 Å². The van der Waals surface area contributed by atoms with E-state index in [1.165, 1.54) is 103 Å². The van der Waals surface area contributed by atoms with Gasteiger partial charge in [0.2, 0.25) is 4.45 Å². The Bertz CT molecular complexity index is 510. The second kappa shape index (κ2) is 30.8. The van der Waals surface area contributed by atoms with E-state index in [2.05, 4.69) is 13.8 Å². The van der Waals surface area contributed by atoms with Crippen molar-refractivity contribution in [1.29, 1.82) is 0 Å². The number of carbonyl (C=O) groups is 3. The summed E-state index contributed by atoms with van der Waals surface area (Å²) in [6.07, 6.45) is 25.5. The average molecular weight is 575 g/mol. The highest BCUT2D eigenvalue weighted by atomic mass is 32.2. The number of hydrogen-bond donors (Lipinski definition) is 0. The summed E-state index contributed by atoms with van der Waals surface area (Å²) in [6, 6.07) is 0. The Morgan fingerprint density at radius 3 is 1.05 bits per heavy atom. The van der Waals surface area contributed by atoms with Crippen LogP contribution in [0.4, 0.5) is 4.79 Å². The predicted molar refractivity (Wildman–Crippen MR) is 165 cm³/mol. The number of hydrogen-bond acceptors (Lipinski definition) is 7. The fourth-order valence-electron chi connectivity index (χ4n) is 4.17. The molecule has 0 atom stereocenters. The second-order valence-corrected chi connectivity index (χ2v) is 12.6. The van der Waals surface area contributed by atoms with E-state index in [9.17, 15) is 14.4 Å². The van der Waals surface area contributed by atoms with Crippen LogP contribution in [-0.4, -0.2) is 41.1 Å². The largest absolute Gasteiger partial charge is 0.466 e. The average Bonchev–Trinajstić information content (AvgIpc) is 2.90. The van der Waals surface area contributed by atoms with Crippen molar-refractivity contribution in [2.24, 2.45) is 0 Å². The van der Waals surface area contributed by atoms with E-state index in [-0.39, 0.29) is 29.2 Å². The molecular formula is C31H58O5S2. The van der Waals surface area contributed by atoms with Gasteiger partial charge in [0.15, 0.2) is 0 Å². The third kappa shape index (κ3) is 29.9. The molecule has 0 amide bonds. The molecule has 0 heterocycles. The van der Waals surface area contributed by atoms with Crippen LogP contribution in [0.15, 0.2) is 0 Å². The first-order valence-electron chi connectivity index (χ1n) is 15.7. The van der Waals surface area contributed by atoms with Crippen molar-refractivity contribution in [3.8, 4) is 0 Å². The van der Waals surface area contributed by atoms with Gasteiger partial charge < -0.3 is 9.47 Å². The van der Waals surface area contributed by atoms with Crippen LogP contribution in [0.3, 0.4) is 0 Å². The summed E-state index contributed by atoms with van der Waals surface area (Å²) in [5.74, 6) is 0.376. The van der Waals surface area contributed by atoms with Gasteiger partial charge in [-0.15, -0.1) is 0 Å². The summed E-state index contributed by atoms with van der Waals surface area (Å²) in [5, 5.41) is 0. The number of ether oxygens (including phenoxy) is 2. The van der Waals surface area contributed by atoms with Gasteiger partial charge in [-0.05, 0) is 12.8 Å². The van der Waals surface area contributed by atoms with E-state index in [0.29, 0.717) is 24.7 Å². The third-order valence-corrected chi connectivity index (χ3v) is 8.57. The van der Waals surface area contributed by atoms with Crippen molar-refractivity contribution in [2.45, 2.75) is 155 Å². The molecule has 0 aliphatic rings. The molecule has 0 saturated carbocycles. The van der Waals surface area contributed by atoms with Gasteiger partial charge in [-0.2, -0.15) is 0 Å². The highest BCUT2D eigenvalue weighted by Gasteiger charge is 2.10. The zero-order chi connectivity index (χ0) is 27.9. The van der Waals surface area contributed by atoms with Gasteiger partial charge in [-0.25, -0.2) is 0 Å². The highest BCUT2D eigenvalue weighted by Crippen LogP contribution is 2.19. The lowest BCUT2D eigenvalue weighted by atomic mass is 10.1. The third-order valence-electron chi connectivity index (χ3n) is 6.57. The highest BCUT2D eigenvalue weighted by molar-refractivity contribution is 8.38. The lowest BCUT2D eigenvalue weighted by molar-refractivity contribution is -0.144. The monoisotopic (exact) mass is 574 g/mol. The Morgan fingerprint density at radius 2 is 0.737 bits per heavy atom. The van der Waals surface area contributed by atoms with E-state index >= 15 is 0 Å². The second-order valence-electron chi connectivity index (χ2n) is 10.3. The van der Waals surface area contributed by atoms with Gasteiger partial charge >= 0.3 is 11.9 Å². The van der Waals surface area contributed by atoms with Crippen LogP contribution >= 0.6 is 23.5 Å². The van der Waals surface area contributed by atoms with Crippen molar-refractivity contribution < 1.29 is 23.9 Å². The molecule has 0 spiro atoms.